The van der Waals surface area contributed by atoms with Crippen LogP contribution in [0.25, 0.3) is 10.9 Å². The summed E-state index contributed by atoms with van der Waals surface area (Å²) >= 11 is 3.21. The van der Waals surface area contributed by atoms with E-state index in [0.717, 1.165) is 0 Å². The van der Waals surface area contributed by atoms with Gasteiger partial charge in [-0.15, -0.1) is 0 Å². The molecule has 0 saturated carbocycles. The molecule has 15 heavy (non-hydrogen) atoms. The van der Waals surface area contributed by atoms with Gasteiger partial charge in [-0.05, 0) is 28.1 Å². The molecule has 0 unspecified atom stereocenters. The van der Waals surface area contributed by atoms with E-state index in [1.165, 1.54) is 7.11 Å². The van der Waals surface area contributed by atoms with Gasteiger partial charge in [0.2, 0.25) is 0 Å². The molecule has 2 rings (SSSR count). The van der Waals surface area contributed by atoms with E-state index >= 15 is 0 Å². The molecule has 0 spiro atoms. The SMILES string of the molecule is COc1ccc2[nH]c(=O)oc(=O)c2c1Br. The van der Waals surface area contributed by atoms with Crippen molar-refractivity contribution in [3.63, 3.8) is 0 Å². The van der Waals surface area contributed by atoms with E-state index in [-0.39, 0.29) is 5.39 Å². The highest BCUT2D eigenvalue weighted by molar-refractivity contribution is 9.10. The van der Waals surface area contributed by atoms with Crippen LogP contribution in [0.2, 0.25) is 0 Å². The van der Waals surface area contributed by atoms with Crippen LogP contribution in [-0.2, 0) is 0 Å². The van der Waals surface area contributed by atoms with Crippen LogP contribution in [0.5, 0.6) is 5.75 Å². The van der Waals surface area contributed by atoms with Crippen molar-refractivity contribution in [1.82, 2.24) is 4.98 Å². The number of aromatic amines is 1. The number of nitrogens with one attached hydrogen (secondary N) is 1. The monoisotopic (exact) mass is 271 g/mol. The van der Waals surface area contributed by atoms with Crippen LogP contribution in [0.1, 0.15) is 0 Å². The van der Waals surface area contributed by atoms with Gasteiger partial charge in [-0.3, -0.25) is 4.98 Å². The summed E-state index contributed by atoms with van der Waals surface area (Å²) < 4.78 is 9.90. The molecule has 0 fully saturated rings. The zero-order chi connectivity index (χ0) is 11.0. The lowest BCUT2D eigenvalue weighted by molar-refractivity contribution is 0.412. The van der Waals surface area contributed by atoms with Crippen molar-refractivity contribution in [2.75, 3.05) is 7.11 Å². The minimum atomic E-state index is -0.774. The maximum atomic E-state index is 11.4. The molecule has 2 aromatic rings. The summed E-state index contributed by atoms with van der Waals surface area (Å²) in [6.45, 7) is 0. The number of fused-ring (bicyclic) bond motifs is 1. The number of aromatic nitrogens is 1. The Kier molecular flexibility index (Phi) is 2.36. The highest BCUT2D eigenvalue weighted by atomic mass is 79.9. The minimum Gasteiger partial charge on any atom is -0.496 e. The standard InChI is InChI=1S/C9H6BrNO4/c1-14-5-3-2-4-6(7(5)10)8(12)15-9(13)11-4/h2-3H,1H3,(H,11,13). The second kappa shape index (κ2) is 3.54. The highest BCUT2D eigenvalue weighted by Crippen LogP contribution is 2.29. The molecule has 1 aromatic carbocycles. The summed E-state index contributed by atoms with van der Waals surface area (Å²) in [5.74, 6) is -0.272. The van der Waals surface area contributed by atoms with Gasteiger partial charge >= 0.3 is 11.4 Å². The summed E-state index contributed by atoms with van der Waals surface area (Å²) in [6, 6.07) is 3.22. The van der Waals surface area contributed by atoms with Gasteiger partial charge in [0.15, 0.2) is 0 Å². The van der Waals surface area contributed by atoms with Gasteiger partial charge in [0.05, 0.1) is 17.1 Å². The van der Waals surface area contributed by atoms with Crippen LogP contribution in [0.3, 0.4) is 0 Å². The molecule has 1 aromatic heterocycles. The smallest absolute Gasteiger partial charge is 0.419 e. The normalized spacial score (nSPS) is 10.5. The number of benzene rings is 1. The van der Waals surface area contributed by atoms with Crippen molar-refractivity contribution in [3.8, 4) is 5.75 Å². The third-order valence-electron chi connectivity index (χ3n) is 1.95. The third-order valence-corrected chi connectivity index (χ3v) is 2.74. The summed E-state index contributed by atoms with van der Waals surface area (Å²) in [5, 5.41) is 0.258. The van der Waals surface area contributed by atoms with Crippen molar-refractivity contribution in [2.24, 2.45) is 0 Å². The Hall–Kier alpha value is -1.56. The lowest BCUT2D eigenvalue weighted by Gasteiger charge is -2.04. The Bertz CT molecular complexity index is 628. The highest BCUT2D eigenvalue weighted by Gasteiger charge is 2.10. The lowest BCUT2D eigenvalue weighted by Crippen LogP contribution is -2.14. The molecular formula is C9H6BrNO4. The van der Waals surface area contributed by atoms with Crippen molar-refractivity contribution in [1.29, 1.82) is 0 Å². The van der Waals surface area contributed by atoms with Crippen molar-refractivity contribution in [2.45, 2.75) is 0 Å². The van der Waals surface area contributed by atoms with Gasteiger partial charge in [0.1, 0.15) is 11.1 Å². The molecule has 0 bridgehead atoms. The van der Waals surface area contributed by atoms with Crippen molar-refractivity contribution in [3.05, 3.63) is 37.6 Å². The molecule has 0 saturated heterocycles. The van der Waals surface area contributed by atoms with E-state index < -0.39 is 11.4 Å². The molecule has 0 amide bonds. The summed E-state index contributed by atoms with van der Waals surface area (Å²) in [4.78, 5) is 24.7. The second-order valence-electron chi connectivity index (χ2n) is 2.81. The molecule has 78 valence electrons. The average molecular weight is 272 g/mol. The molecule has 0 aliphatic rings. The summed E-state index contributed by atoms with van der Waals surface area (Å²) in [6.07, 6.45) is 0. The molecule has 0 radical (unpaired) electrons. The van der Waals surface area contributed by atoms with Gasteiger partial charge < -0.3 is 9.15 Å². The van der Waals surface area contributed by atoms with Gasteiger partial charge in [-0.25, -0.2) is 9.59 Å². The Morgan fingerprint density at radius 2 is 2.13 bits per heavy atom. The molecular weight excluding hydrogens is 266 g/mol. The predicted molar refractivity (Wildman–Crippen MR) is 57.4 cm³/mol. The first-order valence-corrected chi connectivity index (χ1v) is 4.82. The molecule has 6 heteroatoms. The number of halogens is 1. The fourth-order valence-electron chi connectivity index (χ4n) is 1.29. The number of ether oxygens (including phenoxy) is 1. The number of H-pyrrole nitrogens is 1. The first kappa shape index (κ1) is 9.97. The largest absolute Gasteiger partial charge is 0.496 e. The van der Waals surface area contributed by atoms with Crippen LogP contribution in [0.4, 0.5) is 0 Å². The molecule has 0 aliphatic heterocycles. The van der Waals surface area contributed by atoms with Gasteiger partial charge in [-0.2, -0.15) is 0 Å². The second-order valence-corrected chi connectivity index (χ2v) is 3.60. The third kappa shape index (κ3) is 1.56. The Balaban J connectivity index is 3.00. The van der Waals surface area contributed by atoms with Crippen LogP contribution in [-0.4, -0.2) is 12.1 Å². The molecule has 1 N–H and O–H groups in total. The zero-order valence-electron chi connectivity index (χ0n) is 7.67. The van der Waals surface area contributed by atoms with E-state index in [1.807, 2.05) is 0 Å². The maximum Gasteiger partial charge on any atom is 0.419 e. The first-order chi connectivity index (χ1) is 7.13. The minimum absolute atomic E-state index is 0.258. The zero-order valence-corrected chi connectivity index (χ0v) is 9.25. The predicted octanol–water partition coefficient (Wildman–Crippen LogP) is 1.25. The first-order valence-electron chi connectivity index (χ1n) is 4.03. The van der Waals surface area contributed by atoms with E-state index in [2.05, 4.69) is 25.3 Å². The average Bonchev–Trinajstić information content (AvgIpc) is 2.17. The fraction of sp³-hybridized carbons (Fsp3) is 0.111. The Morgan fingerprint density at radius 3 is 2.80 bits per heavy atom. The van der Waals surface area contributed by atoms with Crippen LogP contribution in [0, 0.1) is 0 Å². The van der Waals surface area contributed by atoms with E-state index in [9.17, 15) is 9.59 Å². The van der Waals surface area contributed by atoms with E-state index in [0.29, 0.717) is 15.7 Å². The van der Waals surface area contributed by atoms with Crippen LogP contribution >= 0.6 is 15.9 Å². The molecule has 0 aliphatic carbocycles. The number of rotatable bonds is 1. The molecule has 0 atom stereocenters. The van der Waals surface area contributed by atoms with Crippen LogP contribution in [0.15, 0.2) is 30.6 Å². The molecule has 1 heterocycles. The Labute approximate surface area is 91.8 Å². The number of hydrogen-bond donors (Lipinski definition) is 1. The number of hydrogen-bond acceptors (Lipinski definition) is 4. The van der Waals surface area contributed by atoms with Gasteiger partial charge in [0, 0.05) is 0 Å². The van der Waals surface area contributed by atoms with Crippen molar-refractivity contribution >= 4 is 26.8 Å². The topological polar surface area (TPSA) is 72.3 Å². The quantitative estimate of drug-likeness (QED) is 0.848. The lowest BCUT2D eigenvalue weighted by atomic mass is 10.2. The van der Waals surface area contributed by atoms with Gasteiger partial charge in [-0.1, -0.05) is 0 Å². The summed E-state index contributed by atoms with van der Waals surface area (Å²) in [7, 11) is 1.49. The fourth-order valence-corrected chi connectivity index (χ4v) is 1.96. The van der Waals surface area contributed by atoms with Crippen molar-refractivity contribution < 1.29 is 9.15 Å². The van der Waals surface area contributed by atoms with Crippen LogP contribution < -0.4 is 16.1 Å². The summed E-state index contributed by atoms with van der Waals surface area (Å²) in [5.41, 5.74) is -0.288. The van der Waals surface area contributed by atoms with Gasteiger partial charge in [0.25, 0.3) is 0 Å². The number of methoxy groups -OCH3 is 1. The molecule has 5 nitrogen and oxygen atoms in total. The van der Waals surface area contributed by atoms with E-state index in [1.54, 1.807) is 12.1 Å². The maximum absolute atomic E-state index is 11.4. The Morgan fingerprint density at radius 1 is 1.40 bits per heavy atom. The van der Waals surface area contributed by atoms with E-state index in [4.69, 9.17) is 4.74 Å².